The van der Waals surface area contributed by atoms with E-state index in [-0.39, 0.29) is 11.6 Å². The van der Waals surface area contributed by atoms with Crippen molar-refractivity contribution < 1.29 is 17.9 Å². The highest BCUT2D eigenvalue weighted by molar-refractivity contribution is 14.1. The summed E-state index contributed by atoms with van der Waals surface area (Å²) < 4.78 is 41.2. The Morgan fingerprint density at radius 2 is 1.95 bits per heavy atom. The van der Waals surface area contributed by atoms with E-state index in [0.29, 0.717) is 11.1 Å². The molecule has 100 valence electrons. The molecule has 0 unspecified atom stereocenters. The van der Waals surface area contributed by atoms with Gasteiger partial charge in [0.15, 0.2) is 0 Å². The van der Waals surface area contributed by atoms with E-state index in [1.807, 2.05) is 0 Å². The van der Waals surface area contributed by atoms with Crippen LogP contribution in [0, 0.1) is 3.57 Å². The lowest BCUT2D eigenvalue weighted by Gasteiger charge is -2.11. The average Bonchev–Trinajstić information content (AvgIpc) is 2.30. The number of pyridine rings is 1. The van der Waals surface area contributed by atoms with Crippen molar-refractivity contribution in [3.8, 4) is 16.9 Å². The Morgan fingerprint density at radius 3 is 2.63 bits per heavy atom. The molecular formula is C12H8F3IN2O. The summed E-state index contributed by atoms with van der Waals surface area (Å²) >= 11 is 2.05. The van der Waals surface area contributed by atoms with Gasteiger partial charge in [-0.1, -0.05) is 12.1 Å². The van der Waals surface area contributed by atoms with Gasteiger partial charge in [0.2, 0.25) is 0 Å². The third kappa shape index (κ3) is 3.72. The summed E-state index contributed by atoms with van der Waals surface area (Å²) in [7, 11) is 0. The van der Waals surface area contributed by atoms with Crippen LogP contribution in [-0.2, 0) is 0 Å². The zero-order chi connectivity index (χ0) is 14.0. The molecule has 0 aliphatic heterocycles. The molecule has 1 heterocycles. The van der Waals surface area contributed by atoms with Crippen molar-refractivity contribution in [2.75, 3.05) is 5.73 Å². The summed E-state index contributed by atoms with van der Waals surface area (Å²) in [5.41, 5.74) is 6.81. The third-order valence-electron chi connectivity index (χ3n) is 2.26. The van der Waals surface area contributed by atoms with E-state index in [0.717, 1.165) is 3.57 Å². The van der Waals surface area contributed by atoms with Crippen LogP contribution in [0.15, 0.2) is 36.5 Å². The van der Waals surface area contributed by atoms with Gasteiger partial charge < -0.3 is 10.5 Å². The van der Waals surface area contributed by atoms with Crippen LogP contribution in [0.3, 0.4) is 0 Å². The average molecular weight is 380 g/mol. The third-order valence-corrected chi connectivity index (χ3v) is 2.85. The van der Waals surface area contributed by atoms with Crippen LogP contribution in [-0.4, -0.2) is 11.3 Å². The second-order valence-corrected chi connectivity index (χ2v) is 4.91. The maximum Gasteiger partial charge on any atom is 0.573 e. The first-order valence-electron chi connectivity index (χ1n) is 5.12. The van der Waals surface area contributed by atoms with Crippen molar-refractivity contribution in [2.45, 2.75) is 6.36 Å². The Balaban J connectivity index is 2.40. The molecule has 0 amide bonds. The monoisotopic (exact) mass is 380 g/mol. The van der Waals surface area contributed by atoms with Crippen LogP contribution in [0.5, 0.6) is 5.75 Å². The Kier molecular flexibility index (Phi) is 3.83. The van der Waals surface area contributed by atoms with Gasteiger partial charge in [-0.2, -0.15) is 0 Å². The number of nitrogens with two attached hydrogens (primary N) is 1. The molecule has 7 heteroatoms. The molecule has 0 radical (unpaired) electrons. The van der Waals surface area contributed by atoms with Crippen LogP contribution in [0.4, 0.5) is 19.0 Å². The molecule has 2 aromatic rings. The highest BCUT2D eigenvalue weighted by atomic mass is 127. The van der Waals surface area contributed by atoms with Crippen molar-refractivity contribution >= 4 is 28.4 Å². The number of anilines is 1. The molecule has 0 saturated heterocycles. The predicted molar refractivity (Wildman–Crippen MR) is 73.5 cm³/mol. The minimum atomic E-state index is -4.71. The highest BCUT2D eigenvalue weighted by Crippen LogP contribution is 2.30. The molecule has 0 spiro atoms. The van der Waals surface area contributed by atoms with Gasteiger partial charge in [0.05, 0.1) is 0 Å². The number of halogens is 4. The Hall–Kier alpha value is -1.51. The standard InChI is InChI=1S/C12H8F3IN2O/c13-12(14,15)19-9-3-1-2-7(4-9)10-5-8(16)6-18-11(10)17/h1-6H,(H2,17,18). The summed E-state index contributed by atoms with van der Waals surface area (Å²) in [6.07, 6.45) is -3.14. The van der Waals surface area contributed by atoms with E-state index in [1.54, 1.807) is 18.3 Å². The largest absolute Gasteiger partial charge is 0.573 e. The second-order valence-electron chi connectivity index (χ2n) is 3.66. The maximum absolute atomic E-state index is 12.2. The van der Waals surface area contributed by atoms with Crippen LogP contribution < -0.4 is 10.5 Å². The van der Waals surface area contributed by atoms with Crippen molar-refractivity contribution in [1.82, 2.24) is 4.98 Å². The normalized spacial score (nSPS) is 11.4. The topological polar surface area (TPSA) is 48.1 Å². The van der Waals surface area contributed by atoms with E-state index in [1.165, 1.54) is 18.2 Å². The first kappa shape index (κ1) is 13.9. The Morgan fingerprint density at radius 1 is 1.21 bits per heavy atom. The molecule has 2 N–H and O–H groups in total. The van der Waals surface area contributed by atoms with Gasteiger partial charge in [-0.05, 0) is 46.4 Å². The number of alkyl halides is 3. The number of aromatic nitrogens is 1. The molecular weight excluding hydrogens is 372 g/mol. The van der Waals surface area contributed by atoms with E-state index in [9.17, 15) is 13.2 Å². The maximum atomic E-state index is 12.2. The molecule has 0 aliphatic carbocycles. The Bertz CT molecular complexity index is 602. The zero-order valence-electron chi connectivity index (χ0n) is 9.41. The summed E-state index contributed by atoms with van der Waals surface area (Å²) in [5, 5.41) is 0. The van der Waals surface area contributed by atoms with Gasteiger partial charge in [-0.15, -0.1) is 13.2 Å². The summed E-state index contributed by atoms with van der Waals surface area (Å²) in [6, 6.07) is 7.36. The van der Waals surface area contributed by atoms with Gasteiger partial charge in [-0.3, -0.25) is 0 Å². The van der Waals surface area contributed by atoms with Gasteiger partial charge in [0.25, 0.3) is 0 Å². The predicted octanol–water partition coefficient (Wildman–Crippen LogP) is 3.83. The number of rotatable bonds is 2. The fourth-order valence-electron chi connectivity index (χ4n) is 1.54. The smallest absolute Gasteiger partial charge is 0.406 e. The quantitative estimate of drug-likeness (QED) is 0.806. The van der Waals surface area contributed by atoms with Crippen molar-refractivity contribution in [2.24, 2.45) is 0 Å². The van der Waals surface area contributed by atoms with Gasteiger partial charge in [0, 0.05) is 15.3 Å². The number of hydrogen-bond acceptors (Lipinski definition) is 3. The summed E-state index contributed by atoms with van der Waals surface area (Å²) in [5.74, 6) is -0.0344. The Labute approximate surface area is 120 Å². The van der Waals surface area contributed by atoms with Crippen molar-refractivity contribution in [1.29, 1.82) is 0 Å². The van der Waals surface area contributed by atoms with E-state index in [2.05, 4.69) is 32.3 Å². The number of nitrogen functional groups attached to an aromatic ring is 1. The lowest BCUT2D eigenvalue weighted by molar-refractivity contribution is -0.274. The fraction of sp³-hybridized carbons (Fsp3) is 0.0833. The molecule has 1 aromatic carbocycles. The van der Waals surface area contributed by atoms with Gasteiger partial charge in [-0.25, -0.2) is 4.98 Å². The molecule has 0 atom stereocenters. The van der Waals surface area contributed by atoms with E-state index >= 15 is 0 Å². The minimum absolute atomic E-state index is 0.254. The number of hydrogen-bond donors (Lipinski definition) is 1. The molecule has 19 heavy (non-hydrogen) atoms. The second kappa shape index (κ2) is 5.24. The van der Waals surface area contributed by atoms with E-state index in [4.69, 9.17) is 5.73 Å². The molecule has 1 aromatic heterocycles. The molecule has 2 rings (SSSR count). The van der Waals surface area contributed by atoms with Crippen molar-refractivity contribution in [3.63, 3.8) is 0 Å². The molecule has 0 bridgehead atoms. The molecule has 0 saturated carbocycles. The SMILES string of the molecule is Nc1ncc(I)cc1-c1cccc(OC(F)(F)F)c1. The molecule has 0 aliphatic rings. The minimum Gasteiger partial charge on any atom is -0.406 e. The van der Waals surface area contributed by atoms with Crippen LogP contribution in [0.2, 0.25) is 0 Å². The molecule has 0 fully saturated rings. The number of nitrogens with zero attached hydrogens (tertiary/aromatic N) is 1. The van der Waals surface area contributed by atoms with Crippen LogP contribution in [0.1, 0.15) is 0 Å². The summed E-state index contributed by atoms with van der Waals surface area (Å²) in [6.45, 7) is 0. The fourth-order valence-corrected chi connectivity index (χ4v) is 1.99. The van der Waals surface area contributed by atoms with Crippen LogP contribution >= 0.6 is 22.6 Å². The van der Waals surface area contributed by atoms with E-state index < -0.39 is 6.36 Å². The lowest BCUT2D eigenvalue weighted by atomic mass is 10.1. The first-order valence-corrected chi connectivity index (χ1v) is 6.20. The van der Waals surface area contributed by atoms with Crippen molar-refractivity contribution in [3.05, 3.63) is 40.1 Å². The highest BCUT2D eigenvalue weighted by Gasteiger charge is 2.31. The van der Waals surface area contributed by atoms with Gasteiger partial charge >= 0.3 is 6.36 Å². The number of benzene rings is 1. The summed E-state index contributed by atoms with van der Waals surface area (Å²) in [4.78, 5) is 3.97. The van der Waals surface area contributed by atoms with Gasteiger partial charge in [0.1, 0.15) is 11.6 Å². The first-order chi connectivity index (χ1) is 8.85. The zero-order valence-corrected chi connectivity index (χ0v) is 11.6. The lowest BCUT2D eigenvalue weighted by Crippen LogP contribution is -2.17. The number of ether oxygens (including phenoxy) is 1. The molecule has 3 nitrogen and oxygen atoms in total. The van der Waals surface area contributed by atoms with Crippen LogP contribution in [0.25, 0.3) is 11.1 Å².